The van der Waals surface area contributed by atoms with Crippen molar-refractivity contribution in [1.29, 1.82) is 5.26 Å². The maximum atomic E-state index is 9.61. The van der Waals surface area contributed by atoms with Crippen molar-refractivity contribution in [3.05, 3.63) is 72.4 Å². The van der Waals surface area contributed by atoms with Crippen LogP contribution < -0.4 is 5.19 Å². The predicted octanol–water partition coefficient (Wildman–Crippen LogP) is 5.47. The van der Waals surface area contributed by atoms with Gasteiger partial charge in [-0.3, -0.25) is 4.98 Å². The number of pyridine rings is 1. The van der Waals surface area contributed by atoms with E-state index >= 15 is 0 Å². The van der Waals surface area contributed by atoms with Crippen LogP contribution in [0.4, 0.5) is 0 Å². The summed E-state index contributed by atoms with van der Waals surface area (Å²) in [4.78, 5) is 4.69. The van der Waals surface area contributed by atoms with Crippen LogP contribution in [0.1, 0.15) is 5.56 Å². The molecule has 1 aromatic heterocycles. The summed E-state index contributed by atoms with van der Waals surface area (Å²) in [6.45, 7) is 7.07. The molecule has 0 bridgehead atoms. The highest BCUT2D eigenvalue weighted by atomic mass is 28.3. The largest absolute Gasteiger partial charge is 0.256 e. The monoisotopic (exact) mass is 352 g/mol. The number of hydrogen-bond donors (Lipinski definition) is 0. The first-order valence-electron chi connectivity index (χ1n) is 8.80. The van der Waals surface area contributed by atoms with Gasteiger partial charge in [0, 0.05) is 17.1 Å². The Hall–Kier alpha value is -2.96. The van der Waals surface area contributed by atoms with Crippen LogP contribution in [0.3, 0.4) is 0 Å². The quantitative estimate of drug-likeness (QED) is 0.448. The third-order valence-electron chi connectivity index (χ3n) is 4.89. The third-order valence-corrected chi connectivity index (χ3v) is 6.93. The minimum absolute atomic E-state index is 0.693. The zero-order valence-corrected chi connectivity index (χ0v) is 16.2. The van der Waals surface area contributed by atoms with Crippen LogP contribution in [0, 0.1) is 11.3 Å². The molecule has 0 amide bonds. The summed E-state index contributed by atoms with van der Waals surface area (Å²) in [5, 5.41) is 15.4. The molecule has 2 nitrogen and oxygen atoms in total. The Morgan fingerprint density at radius 1 is 0.846 bits per heavy atom. The number of nitriles is 1. The summed E-state index contributed by atoms with van der Waals surface area (Å²) in [7, 11) is -1.42. The summed E-state index contributed by atoms with van der Waals surface area (Å²) in [6.07, 6.45) is 1.85. The maximum Gasteiger partial charge on any atom is 0.0998 e. The molecule has 126 valence electrons. The van der Waals surface area contributed by atoms with E-state index in [2.05, 4.69) is 67.1 Å². The normalized spacial score (nSPS) is 11.6. The molecule has 1 heterocycles. The molecule has 0 unspecified atom stereocenters. The smallest absolute Gasteiger partial charge is 0.0998 e. The Kier molecular flexibility index (Phi) is 3.86. The van der Waals surface area contributed by atoms with Crippen molar-refractivity contribution in [3.8, 4) is 17.3 Å². The topological polar surface area (TPSA) is 36.7 Å². The molecule has 0 radical (unpaired) electrons. The van der Waals surface area contributed by atoms with Gasteiger partial charge in [0.25, 0.3) is 0 Å². The lowest BCUT2D eigenvalue weighted by Crippen LogP contribution is -2.37. The highest BCUT2D eigenvalue weighted by molar-refractivity contribution is 6.88. The average Bonchev–Trinajstić information content (AvgIpc) is 2.65. The molecule has 0 fully saturated rings. The van der Waals surface area contributed by atoms with Crippen LogP contribution >= 0.6 is 0 Å². The minimum Gasteiger partial charge on any atom is -0.256 e. The molecule has 0 saturated carbocycles. The van der Waals surface area contributed by atoms with E-state index in [1.807, 2.05) is 30.5 Å². The number of nitrogens with zero attached hydrogens (tertiary/aromatic N) is 2. The molecule has 0 atom stereocenters. The lowest BCUT2D eigenvalue weighted by atomic mass is 9.97. The molecule has 0 N–H and O–H groups in total. The molecule has 26 heavy (non-hydrogen) atoms. The molecule has 3 heteroatoms. The SMILES string of the molecule is C[Si](C)(C)c1ccc2ccnc(-c3cc(C#N)c4ccccc4c3)c2c1. The number of benzene rings is 3. The fraction of sp³-hybridized carbons (Fsp3) is 0.130. The lowest BCUT2D eigenvalue weighted by Gasteiger charge is -2.18. The van der Waals surface area contributed by atoms with Gasteiger partial charge in [-0.2, -0.15) is 5.26 Å². The van der Waals surface area contributed by atoms with E-state index in [9.17, 15) is 5.26 Å². The van der Waals surface area contributed by atoms with Crippen LogP contribution in [-0.2, 0) is 0 Å². The van der Waals surface area contributed by atoms with Crippen LogP contribution in [0.15, 0.2) is 66.9 Å². The number of hydrogen-bond acceptors (Lipinski definition) is 2. The molecule has 0 aliphatic heterocycles. The van der Waals surface area contributed by atoms with Crippen molar-refractivity contribution in [2.45, 2.75) is 19.6 Å². The van der Waals surface area contributed by atoms with Gasteiger partial charge in [-0.25, -0.2) is 0 Å². The van der Waals surface area contributed by atoms with E-state index in [4.69, 9.17) is 0 Å². The van der Waals surface area contributed by atoms with Gasteiger partial charge in [-0.15, -0.1) is 0 Å². The zero-order chi connectivity index (χ0) is 18.3. The zero-order valence-electron chi connectivity index (χ0n) is 15.2. The first-order chi connectivity index (χ1) is 12.5. The number of rotatable bonds is 2. The van der Waals surface area contributed by atoms with Gasteiger partial charge in [0.2, 0.25) is 0 Å². The van der Waals surface area contributed by atoms with E-state index in [-0.39, 0.29) is 0 Å². The van der Waals surface area contributed by atoms with Gasteiger partial charge < -0.3 is 0 Å². The second-order valence-corrected chi connectivity index (χ2v) is 12.8. The second-order valence-electron chi connectivity index (χ2n) is 7.70. The molecule has 0 aliphatic carbocycles. The average molecular weight is 353 g/mol. The van der Waals surface area contributed by atoms with Gasteiger partial charge in [0.05, 0.1) is 25.4 Å². The van der Waals surface area contributed by atoms with E-state index in [1.165, 1.54) is 10.6 Å². The number of aromatic nitrogens is 1. The lowest BCUT2D eigenvalue weighted by molar-refractivity contribution is 1.36. The Balaban J connectivity index is 2.03. The van der Waals surface area contributed by atoms with E-state index in [0.717, 1.165) is 27.4 Å². The Labute approximate surface area is 154 Å². The van der Waals surface area contributed by atoms with Crippen molar-refractivity contribution in [3.63, 3.8) is 0 Å². The maximum absolute atomic E-state index is 9.61. The number of fused-ring (bicyclic) bond motifs is 2. The van der Waals surface area contributed by atoms with E-state index < -0.39 is 8.07 Å². The fourth-order valence-corrected chi connectivity index (χ4v) is 4.57. The van der Waals surface area contributed by atoms with Crippen molar-refractivity contribution in [2.75, 3.05) is 0 Å². The van der Waals surface area contributed by atoms with Gasteiger partial charge >= 0.3 is 0 Å². The van der Waals surface area contributed by atoms with Crippen molar-refractivity contribution in [1.82, 2.24) is 4.98 Å². The first-order valence-corrected chi connectivity index (χ1v) is 12.3. The van der Waals surface area contributed by atoms with Crippen molar-refractivity contribution < 1.29 is 0 Å². The van der Waals surface area contributed by atoms with Gasteiger partial charge in [-0.05, 0) is 34.4 Å². The highest BCUT2D eigenvalue weighted by Crippen LogP contribution is 2.31. The highest BCUT2D eigenvalue weighted by Gasteiger charge is 2.18. The standard InChI is InChI=1S/C23H20N2Si/c1-26(2,3)20-9-8-16-10-11-25-23(22(16)14-20)18-12-17-6-4-5-7-21(17)19(13-18)15-24/h4-14H,1-3H3. The van der Waals surface area contributed by atoms with Crippen LogP contribution in [0.5, 0.6) is 0 Å². The second kappa shape index (κ2) is 6.08. The molecule has 3 aromatic carbocycles. The van der Waals surface area contributed by atoms with E-state index in [1.54, 1.807) is 0 Å². The predicted molar refractivity (Wildman–Crippen MR) is 112 cm³/mol. The van der Waals surface area contributed by atoms with Crippen LogP contribution in [0.2, 0.25) is 19.6 Å². The van der Waals surface area contributed by atoms with Gasteiger partial charge in [0.15, 0.2) is 0 Å². The third kappa shape index (κ3) is 2.79. The molecular formula is C23H20N2Si. The summed E-state index contributed by atoms with van der Waals surface area (Å²) in [5.74, 6) is 0. The molecule has 0 spiro atoms. The molecule has 4 rings (SSSR count). The van der Waals surface area contributed by atoms with E-state index in [0.29, 0.717) is 5.56 Å². The fourth-order valence-electron chi connectivity index (χ4n) is 3.40. The summed E-state index contributed by atoms with van der Waals surface area (Å²) in [6, 6.07) is 23.3. The van der Waals surface area contributed by atoms with Crippen molar-refractivity contribution in [2.24, 2.45) is 0 Å². The van der Waals surface area contributed by atoms with Crippen molar-refractivity contribution >= 4 is 34.8 Å². The molecule has 4 aromatic rings. The molecule has 0 aliphatic rings. The summed E-state index contributed by atoms with van der Waals surface area (Å²) in [5.41, 5.74) is 2.64. The summed E-state index contributed by atoms with van der Waals surface area (Å²) < 4.78 is 0. The Bertz CT molecular complexity index is 1180. The molecular weight excluding hydrogens is 332 g/mol. The minimum atomic E-state index is -1.42. The summed E-state index contributed by atoms with van der Waals surface area (Å²) >= 11 is 0. The van der Waals surface area contributed by atoms with Gasteiger partial charge in [-0.1, -0.05) is 67.3 Å². The first kappa shape index (κ1) is 16.5. The Morgan fingerprint density at radius 3 is 2.42 bits per heavy atom. The van der Waals surface area contributed by atoms with Gasteiger partial charge in [0.1, 0.15) is 0 Å². The van der Waals surface area contributed by atoms with Crippen LogP contribution in [-0.4, -0.2) is 13.1 Å². The Morgan fingerprint density at radius 2 is 1.65 bits per heavy atom. The molecule has 0 saturated heterocycles. The van der Waals surface area contributed by atoms with Crippen LogP contribution in [0.25, 0.3) is 32.8 Å².